The largest absolute Gasteiger partial charge is 0.117 e. The predicted molar refractivity (Wildman–Crippen MR) is 92.7 cm³/mol. The first-order valence-electron chi connectivity index (χ1n) is 6.69. The minimum Gasteiger partial charge on any atom is -0.117 e. The maximum atomic E-state index is 6.52. The summed E-state index contributed by atoms with van der Waals surface area (Å²) < 4.78 is 0. The highest BCUT2D eigenvalue weighted by Gasteiger charge is 2.11. The van der Waals surface area contributed by atoms with E-state index in [4.69, 9.17) is 34.8 Å². The third-order valence-electron chi connectivity index (χ3n) is 3.48. The van der Waals surface area contributed by atoms with Gasteiger partial charge in [0, 0.05) is 10.0 Å². The van der Waals surface area contributed by atoms with Gasteiger partial charge in [-0.05, 0) is 46.5 Å². The minimum absolute atomic E-state index is 0.151. The highest BCUT2D eigenvalue weighted by Crippen LogP contribution is 2.30. The Morgan fingerprint density at radius 3 is 2.14 bits per heavy atom. The Morgan fingerprint density at radius 2 is 1.43 bits per heavy atom. The molecule has 0 aromatic heterocycles. The molecule has 0 fully saturated rings. The summed E-state index contributed by atoms with van der Waals surface area (Å²) in [6.45, 7) is 0. The predicted octanol–water partition coefficient (Wildman–Crippen LogP) is 6.67. The molecule has 0 heterocycles. The SMILES string of the molecule is Clc1cc(Cl)cc(C(Cl)Cc2ccc3ccccc3c2)c1. The van der Waals surface area contributed by atoms with Crippen molar-refractivity contribution in [1.82, 2.24) is 0 Å². The average molecular weight is 336 g/mol. The van der Waals surface area contributed by atoms with Gasteiger partial charge in [-0.3, -0.25) is 0 Å². The lowest BCUT2D eigenvalue weighted by atomic mass is 10.0. The average Bonchev–Trinajstić information content (AvgIpc) is 2.46. The van der Waals surface area contributed by atoms with Crippen molar-refractivity contribution >= 4 is 45.6 Å². The van der Waals surface area contributed by atoms with Crippen LogP contribution in [0, 0.1) is 0 Å². The second kappa shape index (κ2) is 6.27. The molecule has 3 heteroatoms. The highest BCUT2D eigenvalue weighted by molar-refractivity contribution is 6.35. The molecule has 0 saturated carbocycles. The lowest BCUT2D eigenvalue weighted by Gasteiger charge is -2.12. The van der Waals surface area contributed by atoms with Gasteiger partial charge in [0.25, 0.3) is 0 Å². The van der Waals surface area contributed by atoms with E-state index >= 15 is 0 Å². The molecule has 3 rings (SSSR count). The number of benzene rings is 3. The van der Waals surface area contributed by atoms with E-state index in [2.05, 4.69) is 30.3 Å². The molecule has 0 radical (unpaired) electrons. The van der Waals surface area contributed by atoms with Crippen molar-refractivity contribution in [3.05, 3.63) is 81.8 Å². The lowest BCUT2D eigenvalue weighted by Crippen LogP contribution is -1.96. The number of hydrogen-bond acceptors (Lipinski definition) is 0. The summed E-state index contributed by atoms with van der Waals surface area (Å²) in [6, 6.07) is 20.2. The van der Waals surface area contributed by atoms with E-state index in [0.717, 1.165) is 12.0 Å². The first-order chi connectivity index (χ1) is 10.1. The second-order valence-electron chi connectivity index (χ2n) is 5.06. The van der Waals surface area contributed by atoms with Crippen LogP contribution < -0.4 is 0 Å². The van der Waals surface area contributed by atoms with E-state index in [9.17, 15) is 0 Å². The Labute approximate surface area is 139 Å². The van der Waals surface area contributed by atoms with E-state index in [1.54, 1.807) is 6.07 Å². The zero-order chi connectivity index (χ0) is 14.8. The fraction of sp³-hybridized carbons (Fsp3) is 0.111. The molecule has 0 amide bonds. The molecule has 0 aliphatic heterocycles. The Balaban J connectivity index is 1.86. The molecule has 1 atom stereocenters. The van der Waals surface area contributed by atoms with Crippen LogP contribution in [-0.4, -0.2) is 0 Å². The lowest BCUT2D eigenvalue weighted by molar-refractivity contribution is 0.922. The van der Waals surface area contributed by atoms with Crippen LogP contribution >= 0.6 is 34.8 Å². The van der Waals surface area contributed by atoms with Gasteiger partial charge in [0.15, 0.2) is 0 Å². The number of alkyl halides is 1. The zero-order valence-corrected chi connectivity index (χ0v) is 13.5. The van der Waals surface area contributed by atoms with E-state index in [-0.39, 0.29) is 5.38 Å². The molecule has 0 spiro atoms. The van der Waals surface area contributed by atoms with Gasteiger partial charge < -0.3 is 0 Å². The number of hydrogen-bond donors (Lipinski definition) is 0. The Morgan fingerprint density at radius 1 is 0.762 bits per heavy atom. The molecule has 0 N–H and O–H groups in total. The summed E-state index contributed by atoms with van der Waals surface area (Å²) >= 11 is 18.6. The summed E-state index contributed by atoms with van der Waals surface area (Å²) in [5.74, 6) is 0. The maximum Gasteiger partial charge on any atom is 0.0626 e. The highest BCUT2D eigenvalue weighted by atomic mass is 35.5. The Hall–Kier alpha value is -1.21. The summed E-state index contributed by atoms with van der Waals surface area (Å²) in [5, 5.41) is 3.53. The standard InChI is InChI=1S/C18H13Cl3/c19-16-9-15(10-17(20)11-16)18(21)8-12-5-6-13-3-1-2-4-14(13)7-12/h1-7,9-11,18H,8H2. The van der Waals surface area contributed by atoms with Crippen molar-refractivity contribution in [3.63, 3.8) is 0 Å². The van der Waals surface area contributed by atoms with Crippen LogP contribution in [0.3, 0.4) is 0 Å². The topological polar surface area (TPSA) is 0 Å². The van der Waals surface area contributed by atoms with Crippen LogP contribution in [-0.2, 0) is 6.42 Å². The van der Waals surface area contributed by atoms with Crippen molar-refractivity contribution < 1.29 is 0 Å². The van der Waals surface area contributed by atoms with Crippen molar-refractivity contribution in [2.45, 2.75) is 11.8 Å². The quantitative estimate of drug-likeness (QED) is 0.469. The van der Waals surface area contributed by atoms with Gasteiger partial charge in [-0.15, -0.1) is 11.6 Å². The van der Waals surface area contributed by atoms with Gasteiger partial charge in [0.2, 0.25) is 0 Å². The molecular weight excluding hydrogens is 323 g/mol. The van der Waals surface area contributed by atoms with Gasteiger partial charge in [-0.25, -0.2) is 0 Å². The number of rotatable bonds is 3. The van der Waals surface area contributed by atoms with Crippen molar-refractivity contribution in [1.29, 1.82) is 0 Å². The zero-order valence-electron chi connectivity index (χ0n) is 11.2. The van der Waals surface area contributed by atoms with Gasteiger partial charge in [-0.2, -0.15) is 0 Å². The van der Waals surface area contributed by atoms with E-state index in [1.165, 1.54) is 16.3 Å². The second-order valence-corrected chi connectivity index (χ2v) is 6.46. The van der Waals surface area contributed by atoms with Crippen molar-refractivity contribution in [2.24, 2.45) is 0 Å². The van der Waals surface area contributed by atoms with Crippen LogP contribution in [0.5, 0.6) is 0 Å². The fourth-order valence-corrected chi connectivity index (χ4v) is 3.29. The van der Waals surface area contributed by atoms with Crippen LogP contribution in [0.25, 0.3) is 10.8 Å². The van der Waals surface area contributed by atoms with Gasteiger partial charge in [0.05, 0.1) is 5.38 Å². The fourth-order valence-electron chi connectivity index (χ4n) is 2.45. The van der Waals surface area contributed by atoms with Crippen molar-refractivity contribution in [2.75, 3.05) is 0 Å². The molecule has 3 aromatic carbocycles. The monoisotopic (exact) mass is 334 g/mol. The minimum atomic E-state index is -0.151. The Kier molecular flexibility index (Phi) is 4.40. The van der Waals surface area contributed by atoms with E-state index in [1.807, 2.05) is 24.3 Å². The molecule has 0 nitrogen and oxygen atoms in total. The van der Waals surface area contributed by atoms with Crippen LogP contribution in [0.4, 0.5) is 0 Å². The van der Waals surface area contributed by atoms with Crippen molar-refractivity contribution in [3.8, 4) is 0 Å². The Bertz CT molecular complexity index is 760. The van der Waals surface area contributed by atoms with Gasteiger partial charge in [0.1, 0.15) is 0 Å². The summed E-state index contributed by atoms with van der Waals surface area (Å²) in [6.07, 6.45) is 0.739. The van der Waals surface area contributed by atoms with E-state index < -0.39 is 0 Å². The summed E-state index contributed by atoms with van der Waals surface area (Å²) in [5.41, 5.74) is 2.15. The molecule has 0 aliphatic rings. The molecule has 106 valence electrons. The molecule has 0 saturated heterocycles. The third-order valence-corrected chi connectivity index (χ3v) is 4.32. The van der Waals surface area contributed by atoms with Crippen LogP contribution in [0.2, 0.25) is 10.0 Å². The molecule has 1 unspecified atom stereocenters. The maximum absolute atomic E-state index is 6.52. The van der Waals surface area contributed by atoms with Gasteiger partial charge in [-0.1, -0.05) is 65.7 Å². The van der Waals surface area contributed by atoms with Gasteiger partial charge >= 0.3 is 0 Å². The molecule has 21 heavy (non-hydrogen) atoms. The number of halogens is 3. The first kappa shape index (κ1) is 14.7. The smallest absolute Gasteiger partial charge is 0.0626 e. The molecule has 0 aliphatic carbocycles. The van der Waals surface area contributed by atoms with Crippen LogP contribution in [0.1, 0.15) is 16.5 Å². The molecule has 0 bridgehead atoms. The van der Waals surface area contributed by atoms with E-state index in [0.29, 0.717) is 10.0 Å². The normalized spacial score (nSPS) is 12.5. The molecule has 3 aromatic rings. The molecular formula is C18H13Cl3. The summed E-state index contributed by atoms with van der Waals surface area (Å²) in [7, 11) is 0. The third kappa shape index (κ3) is 3.52. The summed E-state index contributed by atoms with van der Waals surface area (Å²) in [4.78, 5) is 0. The first-order valence-corrected chi connectivity index (χ1v) is 7.89. The number of fused-ring (bicyclic) bond motifs is 1. The van der Waals surface area contributed by atoms with Crippen LogP contribution in [0.15, 0.2) is 60.7 Å².